The van der Waals surface area contributed by atoms with Crippen LogP contribution in [0.3, 0.4) is 0 Å². The zero-order valence-electron chi connectivity index (χ0n) is 17.4. The van der Waals surface area contributed by atoms with Gasteiger partial charge in [-0.3, -0.25) is 9.79 Å². The van der Waals surface area contributed by atoms with Gasteiger partial charge in [0.1, 0.15) is 0 Å². The minimum Gasteiger partial charge on any atom is -0.340 e. The summed E-state index contributed by atoms with van der Waals surface area (Å²) in [6.07, 6.45) is 0. The van der Waals surface area contributed by atoms with E-state index < -0.39 is 0 Å². The van der Waals surface area contributed by atoms with Gasteiger partial charge < -0.3 is 9.80 Å². The summed E-state index contributed by atoms with van der Waals surface area (Å²) in [6, 6.07) is 14.8. The van der Waals surface area contributed by atoms with Crippen molar-refractivity contribution < 1.29 is 4.79 Å². The highest BCUT2D eigenvalue weighted by molar-refractivity contribution is 8.03. The van der Waals surface area contributed by atoms with Gasteiger partial charge in [0.2, 0.25) is 0 Å². The number of hydrogen-bond acceptors (Lipinski definition) is 4. The lowest BCUT2D eigenvalue weighted by Gasteiger charge is -2.24. The molecule has 5 heteroatoms. The highest BCUT2D eigenvalue weighted by Crippen LogP contribution is 2.28. The Morgan fingerprint density at radius 1 is 1.07 bits per heavy atom. The van der Waals surface area contributed by atoms with Crippen LogP contribution in [0.1, 0.15) is 26.3 Å². The molecular formula is C23H31N3OS. The number of rotatable bonds is 10. The fourth-order valence-electron chi connectivity index (χ4n) is 2.98. The first-order valence-corrected chi connectivity index (χ1v) is 10.7. The second-order valence-corrected chi connectivity index (χ2v) is 7.78. The van der Waals surface area contributed by atoms with Crippen LogP contribution >= 0.6 is 11.8 Å². The summed E-state index contributed by atoms with van der Waals surface area (Å²) in [7, 11) is 1.86. The van der Waals surface area contributed by atoms with E-state index in [0.29, 0.717) is 17.1 Å². The molecule has 0 aromatic heterocycles. The number of allylic oxidation sites excluding steroid dienone is 1. The molecule has 0 aliphatic carbocycles. The lowest BCUT2D eigenvalue weighted by atomic mass is 10.1. The van der Waals surface area contributed by atoms with E-state index in [4.69, 9.17) is 0 Å². The Kier molecular flexibility index (Phi) is 8.74. The first-order valence-electron chi connectivity index (χ1n) is 9.76. The summed E-state index contributed by atoms with van der Waals surface area (Å²) >= 11 is 1.54. The third-order valence-electron chi connectivity index (χ3n) is 4.95. The monoisotopic (exact) mass is 397 g/mol. The fraction of sp³-hybridized carbons (Fsp3) is 0.391. The lowest BCUT2D eigenvalue weighted by Crippen LogP contribution is -2.36. The molecule has 0 aliphatic heterocycles. The number of benzene rings is 2. The Bertz CT molecular complexity index is 843. The molecule has 0 atom stereocenters. The van der Waals surface area contributed by atoms with E-state index in [2.05, 4.69) is 60.8 Å². The van der Waals surface area contributed by atoms with Gasteiger partial charge in [-0.1, -0.05) is 56.3 Å². The largest absolute Gasteiger partial charge is 0.340 e. The zero-order valence-corrected chi connectivity index (χ0v) is 18.3. The zero-order chi connectivity index (χ0) is 20.5. The summed E-state index contributed by atoms with van der Waals surface area (Å²) in [6.45, 7) is 13.3. The van der Waals surface area contributed by atoms with Gasteiger partial charge in [-0.05, 0) is 43.1 Å². The molecule has 0 aliphatic rings. The summed E-state index contributed by atoms with van der Waals surface area (Å²) in [5, 5.41) is 2.44. The number of carbonyl (C=O) groups is 1. The molecule has 28 heavy (non-hydrogen) atoms. The first kappa shape index (κ1) is 22.2. The molecule has 2 aromatic carbocycles. The lowest BCUT2D eigenvalue weighted by molar-refractivity contribution is -0.125. The Morgan fingerprint density at radius 3 is 2.39 bits per heavy atom. The maximum absolute atomic E-state index is 13.0. The molecule has 0 heterocycles. The predicted molar refractivity (Wildman–Crippen MR) is 123 cm³/mol. The average Bonchev–Trinajstić information content (AvgIpc) is 2.73. The normalized spacial score (nSPS) is 12.2. The second-order valence-electron chi connectivity index (χ2n) is 6.80. The Hall–Kier alpha value is -2.11. The fourth-order valence-corrected chi connectivity index (χ4v) is 4.03. The van der Waals surface area contributed by atoms with Crippen molar-refractivity contribution >= 4 is 35.2 Å². The molecule has 0 radical (unpaired) electrons. The summed E-state index contributed by atoms with van der Waals surface area (Å²) in [5.74, 6) is 0.741. The van der Waals surface area contributed by atoms with Crippen LogP contribution in [0.2, 0.25) is 0 Å². The number of nitrogens with zero attached hydrogens (tertiary/aromatic N) is 3. The van der Waals surface area contributed by atoms with Gasteiger partial charge in [0.05, 0.1) is 10.6 Å². The van der Waals surface area contributed by atoms with Crippen molar-refractivity contribution in [2.75, 3.05) is 33.2 Å². The number of hydrogen-bond donors (Lipinski definition) is 0. The Labute approximate surface area is 173 Å². The van der Waals surface area contributed by atoms with Crippen molar-refractivity contribution in [1.29, 1.82) is 0 Å². The third-order valence-corrected chi connectivity index (χ3v) is 6.19. The smallest absolute Gasteiger partial charge is 0.261 e. The topological polar surface area (TPSA) is 35.9 Å². The SMILES string of the molecule is C=N/C(C)=C(\SCc1ccc2ccccc2c1)C(=O)N(C)CCN(CC)CC. The number of amides is 1. The van der Waals surface area contributed by atoms with Crippen molar-refractivity contribution in [2.45, 2.75) is 26.5 Å². The third kappa shape index (κ3) is 5.94. The van der Waals surface area contributed by atoms with Gasteiger partial charge >= 0.3 is 0 Å². The quantitative estimate of drug-likeness (QED) is 0.426. The molecule has 2 aromatic rings. The number of carbonyl (C=O) groups excluding carboxylic acids is 1. The molecule has 4 nitrogen and oxygen atoms in total. The van der Waals surface area contributed by atoms with Crippen molar-refractivity contribution in [3.05, 3.63) is 58.6 Å². The van der Waals surface area contributed by atoms with Crippen LogP contribution in [-0.2, 0) is 10.5 Å². The van der Waals surface area contributed by atoms with Gasteiger partial charge in [-0.25, -0.2) is 0 Å². The van der Waals surface area contributed by atoms with Crippen LogP contribution in [0.15, 0.2) is 58.1 Å². The maximum atomic E-state index is 13.0. The van der Waals surface area contributed by atoms with Crippen molar-refractivity contribution in [3.63, 3.8) is 0 Å². The van der Waals surface area contributed by atoms with Crippen LogP contribution in [0, 0.1) is 0 Å². The predicted octanol–water partition coefficient (Wildman–Crippen LogP) is 4.81. The van der Waals surface area contributed by atoms with Crippen molar-refractivity contribution in [1.82, 2.24) is 9.80 Å². The maximum Gasteiger partial charge on any atom is 0.261 e. The molecular weight excluding hydrogens is 366 g/mol. The summed E-state index contributed by atoms with van der Waals surface area (Å²) in [4.78, 5) is 21.8. The van der Waals surface area contributed by atoms with Crippen LogP contribution in [0.4, 0.5) is 0 Å². The molecule has 2 rings (SSSR count). The molecule has 150 valence electrons. The number of aliphatic imine (C=N–C) groups is 1. The number of thioether (sulfide) groups is 1. The van der Waals surface area contributed by atoms with Gasteiger partial charge in [0.15, 0.2) is 0 Å². The minimum absolute atomic E-state index is 0.0165. The van der Waals surface area contributed by atoms with Gasteiger partial charge in [0, 0.05) is 25.9 Å². The van der Waals surface area contributed by atoms with Crippen LogP contribution < -0.4 is 0 Å². The van der Waals surface area contributed by atoms with Crippen LogP contribution in [0.5, 0.6) is 0 Å². The first-order chi connectivity index (χ1) is 13.5. The minimum atomic E-state index is 0.0165. The van der Waals surface area contributed by atoms with E-state index in [1.165, 1.54) is 28.1 Å². The van der Waals surface area contributed by atoms with E-state index in [-0.39, 0.29) is 5.91 Å². The Balaban J connectivity index is 2.08. The van der Waals surface area contributed by atoms with E-state index in [1.807, 2.05) is 26.1 Å². The number of likely N-dealkylation sites (N-methyl/N-ethyl adjacent to an activating group) is 2. The van der Waals surface area contributed by atoms with Gasteiger partial charge in [-0.2, -0.15) is 0 Å². The highest BCUT2D eigenvalue weighted by atomic mass is 32.2. The molecule has 0 unspecified atom stereocenters. The van der Waals surface area contributed by atoms with E-state index in [0.717, 1.165) is 25.4 Å². The highest BCUT2D eigenvalue weighted by Gasteiger charge is 2.18. The molecule has 1 amide bonds. The molecule has 0 N–H and O–H groups in total. The molecule has 0 fully saturated rings. The van der Waals surface area contributed by atoms with E-state index in [1.54, 1.807) is 4.90 Å². The van der Waals surface area contributed by atoms with Crippen LogP contribution in [-0.4, -0.2) is 55.7 Å². The summed E-state index contributed by atoms with van der Waals surface area (Å²) < 4.78 is 0. The van der Waals surface area contributed by atoms with Gasteiger partial charge in [0.25, 0.3) is 5.91 Å². The standard InChI is InChI=1S/C23H31N3OS/c1-6-26(7-2)15-14-25(5)23(27)22(18(3)24-4)28-17-19-12-13-20-10-8-9-11-21(20)16-19/h8-13,16H,4,6-7,14-15,17H2,1-3,5H3/b22-18-. The van der Waals surface area contributed by atoms with Gasteiger partial charge in [-0.15, -0.1) is 11.8 Å². The molecule has 0 saturated heterocycles. The van der Waals surface area contributed by atoms with Crippen molar-refractivity contribution in [3.8, 4) is 0 Å². The number of fused-ring (bicyclic) bond motifs is 1. The van der Waals surface area contributed by atoms with Crippen molar-refractivity contribution in [2.24, 2.45) is 4.99 Å². The molecule has 0 bridgehead atoms. The Morgan fingerprint density at radius 2 is 1.75 bits per heavy atom. The summed E-state index contributed by atoms with van der Waals surface area (Å²) in [5.41, 5.74) is 1.88. The van der Waals surface area contributed by atoms with Crippen LogP contribution in [0.25, 0.3) is 10.8 Å². The van der Waals surface area contributed by atoms with E-state index >= 15 is 0 Å². The average molecular weight is 398 g/mol. The molecule has 0 spiro atoms. The van der Waals surface area contributed by atoms with E-state index in [9.17, 15) is 4.79 Å². The second kappa shape index (κ2) is 11.0. The molecule has 0 saturated carbocycles.